The Kier molecular flexibility index (Phi) is 4.22. The highest BCUT2D eigenvalue weighted by Gasteiger charge is 2.11. The van der Waals surface area contributed by atoms with E-state index in [1.807, 2.05) is 22.9 Å². The number of hydrogen-bond donors (Lipinski definition) is 0. The van der Waals surface area contributed by atoms with Gasteiger partial charge in [-0.3, -0.25) is 9.55 Å². The summed E-state index contributed by atoms with van der Waals surface area (Å²) in [6.07, 6.45) is 7.02. The summed E-state index contributed by atoms with van der Waals surface area (Å²) in [6, 6.07) is 8.50. The predicted octanol–water partition coefficient (Wildman–Crippen LogP) is 4.35. The van der Waals surface area contributed by atoms with Crippen molar-refractivity contribution >= 4 is 23.4 Å². The van der Waals surface area contributed by atoms with Crippen LogP contribution in [0.25, 0.3) is 5.69 Å². The fourth-order valence-electron chi connectivity index (χ4n) is 1.90. The molecule has 3 nitrogen and oxygen atoms in total. The molecule has 6 heteroatoms. The normalized spacial score (nSPS) is 10.8. The minimum absolute atomic E-state index is 0.297. The molecule has 0 radical (unpaired) electrons. The lowest BCUT2D eigenvalue weighted by Gasteiger charge is -2.08. The minimum Gasteiger partial charge on any atom is -0.293 e. The molecule has 3 rings (SSSR count). The van der Waals surface area contributed by atoms with E-state index in [4.69, 9.17) is 11.6 Å². The lowest BCUT2D eigenvalue weighted by molar-refractivity contribution is 0.617. The van der Waals surface area contributed by atoms with Crippen LogP contribution in [-0.2, 0) is 5.75 Å². The van der Waals surface area contributed by atoms with Crippen molar-refractivity contribution in [2.24, 2.45) is 0 Å². The number of benzene rings is 1. The van der Waals surface area contributed by atoms with E-state index in [1.54, 1.807) is 30.7 Å². The molecule has 0 aliphatic heterocycles. The van der Waals surface area contributed by atoms with E-state index in [1.165, 1.54) is 17.8 Å². The molecule has 0 saturated heterocycles. The highest BCUT2D eigenvalue weighted by atomic mass is 35.5. The molecular weight excluding hydrogens is 309 g/mol. The van der Waals surface area contributed by atoms with Gasteiger partial charge in [0.05, 0.1) is 11.9 Å². The highest BCUT2D eigenvalue weighted by molar-refractivity contribution is 7.98. The zero-order valence-electron chi connectivity index (χ0n) is 10.9. The highest BCUT2D eigenvalue weighted by Crippen LogP contribution is 2.28. The molecule has 1 aromatic carbocycles. The molecule has 0 unspecified atom stereocenters. The van der Waals surface area contributed by atoms with Crippen LogP contribution in [0.2, 0.25) is 5.02 Å². The van der Waals surface area contributed by atoms with Gasteiger partial charge in [0.15, 0.2) is 5.16 Å². The van der Waals surface area contributed by atoms with Gasteiger partial charge in [-0.2, -0.15) is 0 Å². The van der Waals surface area contributed by atoms with Gasteiger partial charge in [-0.25, -0.2) is 9.37 Å². The lowest BCUT2D eigenvalue weighted by atomic mass is 10.2. The summed E-state index contributed by atoms with van der Waals surface area (Å²) < 4.78 is 15.7. The van der Waals surface area contributed by atoms with E-state index in [-0.39, 0.29) is 5.82 Å². The molecule has 106 valence electrons. The van der Waals surface area contributed by atoms with E-state index < -0.39 is 0 Å². The summed E-state index contributed by atoms with van der Waals surface area (Å²) in [7, 11) is 0. The van der Waals surface area contributed by atoms with E-state index in [0.29, 0.717) is 16.3 Å². The van der Waals surface area contributed by atoms with E-state index in [9.17, 15) is 4.39 Å². The van der Waals surface area contributed by atoms with Crippen LogP contribution in [-0.4, -0.2) is 14.5 Å². The Balaban J connectivity index is 1.83. The summed E-state index contributed by atoms with van der Waals surface area (Å²) in [5, 5.41) is 1.20. The smallest absolute Gasteiger partial charge is 0.172 e. The summed E-state index contributed by atoms with van der Waals surface area (Å²) in [5.74, 6) is 0.123. The lowest BCUT2D eigenvalue weighted by Crippen LogP contribution is -1.96. The van der Waals surface area contributed by atoms with Gasteiger partial charge >= 0.3 is 0 Å². The summed E-state index contributed by atoms with van der Waals surface area (Å²) in [4.78, 5) is 8.39. The van der Waals surface area contributed by atoms with Gasteiger partial charge in [0.1, 0.15) is 5.82 Å². The Labute approximate surface area is 130 Å². The molecule has 0 bridgehead atoms. The van der Waals surface area contributed by atoms with Gasteiger partial charge in [-0.15, -0.1) is 0 Å². The second-order valence-electron chi connectivity index (χ2n) is 4.28. The van der Waals surface area contributed by atoms with E-state index >= 15 is 0 Å². The van der Waals surface area contributed by atoms with E-state index in [2.05, 4.69) is 9.97 Å². The van der Waals surface area contributed by atoms with Crippen molar-refractivity contribution in [3.05, 3.63) is 71.5 Å². The Morgan fingerprint density at radius 2 is 2.10 bits per heavy atom. The number of nitrogens with zero attached hydrogens (tertiary/aromatic N) is 3. The minimum atomic E-state index is -0.297. The average molecular weight is 320 g/mol. The van der Waals surface area contributed by atoms with Crippen LogP contribution in [0.4, 0.5) is 4.39 Å². The van der Waals surface area contributed by atoms with Crippen LogP contribution in [0.3, 0.4) is 0 Å². The molecule has 21 heavy (non-hydrogen) atoms. The molecule has 3 aromatic rings. The maximum Gasteiger partial charge on any atom is 0.172 e. The molecule has 2 aromatic heterocycles. The Hall–Kier alpha value is -1.85. The first-order valence-corrected chi connectivity index (χ1v) is 7.61. The third-order valence-electron chi connectivity index (χ3n) is 2.94. The molecule has 0 N–H and O–H groups in total. The number of imidazole rings is 1. The van der Waals surface area contributed by atoms with Gasteiger partial charge < -0.3 is 0 Å². The number of aromatic nitrogens is 3. The fourth-order valence-corrected chi connectivity index (χ4v) is 3.21. The standard InChI is InChI=1S/C15H11ClFN3S/c16-13-4-1-5-14(17)12(13)10-21-15-19-7-8-20(15)11-3-2-6-18-9-11/h1-9H,10H2. The Morgan fingerprint density at radius 3 is 2.86 bits per heavy atom. The molecule has 0 aliphatic carbocycles. The number of hydrogen-bond acceptors (Lipinski definition) is 3. The number of pyridine rings is 1. The zero-order valence-corrected chi connectivity index (χ0v) is 12.5. The van der Waals surface area contributed by atoms with Crippen LogP contribution in [0.5, 0.6) is 0 Å². The van der Waals surface area contributed by atoms with Crippen LogP contribution in [0.1, 0.15) is 5.56 Å². The van der Waals surface area contributed by atoms with Gasteiger partial charge in [-0.05, 0) is 24.3 Å². The average Bonchev–Trinajstić information content (AvgIpc) is 2.96. The van der Waals surface area contributed by atoms with Crippen LogP contribution < -0.4 is 0 Å². The molecule has 0 aliphatic rings. The second-order valence-corrected chi connectivity index (χ2v) is 5.63. The third kappa shape index (κ3) is 3.09. The molecule has 0 atom stereocenters. The van der Waals surface area contributed by atoms with E-state index in [0.717, 1.165) is 10.8 Å². The maximum absolute atomic E-state index is 13.8. The summed E-state index contributed by atoms with van der Waals surface area (Å²) >= 11 is 7.47. The number of rotatable bonds is 4. The maximum atomic E-state index is 13.8. The van der Waals surface area contributed by atoms with Crippen molar-refractivity contribution in [2.75, 3.05) is 0 Å². The van der Waals surface area contributed by atoms with Crippen molar-refractivity contribution in [2.45, 2.75) is 10.9 Å². The van der Waals surface area contributed by atoms with Crippen molar-refractivity contribution in [1.29, 1.82) is 0 Å². The first-order chi connectivity index (χ1) is 10.3. The molecule has 0 fully saturated rings. The van der Waals surface area contributed by atoms with Gasteiger partial charge in [0, 0.05) is 34.9 Å². The molecule has 2 heterocycles. The quantitative estimate of drug-likeness (QED) is 0.670. The van der Waals surface area contributed by atoms with Crippen LogP contribution >= 0.6 is 23.4 Å². The Bertz CT molecular complexity index is 725. The van der Waals surface area contributed by atoms with Crippen molar-refractivity contribution in [3.8, 4) is 5.69 Å². The second kappa shape index (κ2) is 6.28. The number of thioether (sulfide) groups is 1. The van der Waals surface area contributed by atoms with Crippen LogP contribution in [0.15, 0.2) is 60.3 Å². The first-order valence-electron chi connectivity index (χ1n) is 6.25. The monoisotopic (exact) mass is 319 g/mol. The van der Waals surface area contributed by atoms with Crippen molar-refractivity contribution in [3.63, 3.8) is 0 Å². The van der Waals surface area contributed by atoms with Gasteiger partial charge in [0.2, 0.25) is 0 Å². The van der Waals surface area contributed by atoms with Crippen molar-refractivity contribution < 1.29 is 4.39 Å². The summed E-state index contributed by atoms with van der Waals surface area (Å²) in [6.45, 7) is 0. The molecule has 0 saturated carbocycles. The topological polar surface area (TPSA) is 30.7 Å². The summed E-state index contributed by atoms with van der Waals surface area (Å²) in [5.41, 5.74) is 1.40. The largest absolute Gasteiger partial charge is 0.293 e. The van der Waals surface area contributed by atoms with Crippen LogP contribution in [0, 0.1) is 5.82 Å². The molecule has 0 spiro atoms. The molecular formula is C15H11ClFN3S. The van der Waals surface area contributed by atoms with Crippen molar-refractivity contribution in [1.82, 2.24) is 14.5 Å². The first kappa shape index (κ1) is 14.1. The Morgan fingerprint density at radius 1 is 1.19 bits per heavy atom. The van der Waals surface area contributed by atoms with Gasteiger partial charge in [-0.1, -0.05) is 29.4 Å². The SMILES string of the molecule is Fc1cccc(Cl)c1CSc1nccn1-c1cccnc1. The fraction of sp³-hybridized carbons (Fsp3) is 0.0667. The predicted molar refractivity (Wildman–Crippen MR) is 82.3 cm³/mol. The molecule has 0 amide bonds. The zero-order chi connectivity index (χ0) is 14.7. The number of halogens is 2. The third-order valence-corrected chi connectivity index (χ3v) is 4.29. The van der Waals surface area contributed by atoms with Gasteiger partial charge in [0.25, 0.3) is 0 Å².